The van der Waals surface area contributed by atoms with E-state index in [1.165, 1.54) is 6.08 Å². The summed E-state index contributed by atoms with van der Waals surface area (Å²) >= 11 is 6.03. The molecule has 0 radical (unpaired) electrons. The third-order valence-electron chi connectivity index (χ3n) is 4.81. The Hall–Kier alpha value is -3.75. The number of halogens is 1. The van der Waals surface area contributed by atoms with E-state index < -0.39 is 5.91 Å². The molecule has 0 aromatic heterocycles. The monoisotopic (exact) mass is 446 g/mol. The van der Waals surface area contributed by atoms with Gasteiger partial charge in [0.05, 0.1) is 7.11 Å². The number of amides is 1. The molecular weight excluding hydrogens is 424 g/mol. The van der Waals surface area contributed by atoms with Crippen LogP contribution in [-0.2, 0) is 11.4 Å². The van der Waals surface area contributed by atoms with Gasteiger partial charge in [-0.2, -0.15) is 5.26 Å². The van der Waals surface area contributed by atoms with Crippen molar-refractivity contribution < 1.29 is 14.3 Å². The number of anilines is 1. The first-order valence-corrected chi connectivity index (χ1v) is 10.3. The number of nitriles is 1. The Morgan fingerprint density at radius 1 is 1.12 bits per heavy atom. The summed E-state index contributed by atoms with van der Waals surface area (Å²) in [4.78, 5) is 12.8. The van der Waals surface area contributed by atoms with Crippen LogP contribution in [0.15, 0.2) is 66.2 Å². The minimum absolute atomic E-state index is 0.0602. The van der Waals surface area contributed by atoms with Crippen LogP contribution in [0, 0.1) is 25.2 Å². The average Bonchev–Trinajstić information content (AvgIpc) is 2.78. The van der Waals surface area contributed by atoms with Crippen LogP contribution in [0.2, 0.25) is 5.02 Å². The lowest BCUT2D eigenvalue weighted by Crippen LogP contribution is -2.14. The zero-order valence-corrected chi connectivity index (χ0v) is 18.9. The second-order valence-electron chi connectivity index (χ2n) is 7.26. The maximum atomic E-state index is 12.8. The van der Waals surface area contributed by atoms with Gasteiger partial charge < -0.3 is 14.8 Å². The standard InChI is InChI=1S/C26H23ClN2O3/c1-17-5-4-6-19(11-17)16-32-25-14-23(31-3)10-8-20(25)12-21(15-28)26(30)29-24-13-22(27)9-7-18(24)2/h4-14H,16H2,1-3H3,(H,29,30)/b21-12+. The maximum absolute atomic E-state index is 12.8. The van der Waals surface area contributed by atoms with Crippen LogP contribution in [-0.4, -0.2) is 13.0 Å². The number of nitrogens with one attached hydrogen (secondary N) is 1. The first kappa shape index (κ1) is 22.9. The highest BCUT2D eigenvalue weighted by Gasteiger charge is 2.14. The quantitative estimate of drug-likeness (QED) is 0.352. The first-order valence-electron chi connectivity index (χ1n) is 9.95. The Morgan fingerprint density at radius 3 is 2.66 bits per heavy atom. The number of carbonyl (C=O) groups excluding carboxylic acids is 1. The lowest BCUT2D eigenvalue weighted by atomic mass is 10.1. The van der Waals surface area contributed by atoms with E-state index in [1.54, 1.807) is 43.5 Å². The molecule has 32 heavy (non-hydrogen) atoms. The number of carbonyl (C=O) groups is 1. The van der Waals surface area contributed by atoms with Gasteiger partial charge in [-0.15, -0.1) is 0 Å². The minimum Gasteiger partial charge on any atom is -0.497 e. The molecule has 3 aromatic carbocycles. The van der Waals surface area contributed by atoms with Crippen LogP contribution in [0.4, 0.5) is 5.69 Å². The Bertz CT molecular complexity index is 1210. The van der Waals surface area contributed by atoms with E-state index in [0.717, 1.165) is 16.7 Å². The molecule has 1 N–H and O–H groups in total. The molecular formula is C26H23ClN2O3. The Balaban J connectivity index is 1.88. The Kier molecular flexibility index (Phi) is 7.54. The molecule has 0 spiro atoms. The summed E-state index contributed by atoms with van der Waals surface area (Å²) in [7, 11) is 1.57. The lowest BCUT2D eigenvalue weighted by Gasteiger charge is -2.12. The number of ether oxygens (including phenoxy) is 2. The van der Waals surface area contributed by atoms with E-state index in [0.29, 0.717) is 34.4 Å². The van der Waals surface area contributed by atoms with Gasteiger partial charge in [-0.25, -0.2) is 0 Å². The number of aryl methyl sites for hydroxylation is 2. The van der Waals surface area contributed by atoms with Crippen LogP contribution in [0.3, 0.4) is 0 Å². The van der Waals surface area contributed by atoms with Crippen LogP contribution < -0.4 is 14.8 Å². The molecule has 0 bridgehead atoms. The molecule has 6 heteroatoms. The van der Waals surface area contributed by atoms with Crippen LogP contribution >= 0.6 is 11.6 Å². The summed E-state index contributed by atoms with van der Waals surface area (Å²) in [6.45, 7) is 4.20. The summed E-state index contributed by atoms with van der Waals surface area (Å²) in [6, 6.07) is 20.4. The summed E-state index contributed by atoms with van der Waals surface area (Å²) in [5, 5.41) is 12.9. The third-order valence-corrected chi connectivity index (χ3v) is 5.05. The summed E-state index contributed by atoms with van der Waals surface area (Å²) in [5.41, 5.74) is 4.07. The van der Waals surface area contributed by atoms with Crippen molar-refractivity contribution in [1.29, 1.82) is 5.26 Å². The van der Waals surface area contributed by atoms with E-state index in [4.69, 9.17) is 21.1 Å². The first-order chi connectivity index (χ1) is 15.4. The highest BCUT2D eigenvalue weighted by molar-refractivity contribution is 6.31. The highest BCUT2D eigenvalue weighted by Crippen LogP contribution is 2.28. The average molecular weight is 447 g/mol. The molecule has 0 unspecified atom stereocenters. The largest absolute Gasteiger partial charge is 0.497 e. The van der Waals surface area contributed by atoms with Crippen molar-refractivity contribution in [2.75, 3.05) is 12.4 Å². The molecule has 162 valence electrons. The molecule has 1 amide bonds. The number of benzene rings is 3. The number of methoxy groups -OCH3 is 1. The molecule has 5 nitrogen and oxygen atoms in total. The molecule has 0 aliphatic heterocycles. The molecule has 0 saturated heterocycles. The second-order valence-corrected chi connectivity index (χ2v) is 7.70. The normalized spacial score (nSPS) is 10.9. The minimum atomic E-state index is -0.529. The van der Waals surface area contributed by atoms with Crippen LogP contribution in [0.25, 0.3) is 6.08 Å². The van der Waals surface area contributed by atoms with E-state index in [9.17, 15) is 10.1 Å². The SMILES string of the molecule is COc1ccc(/C=C(\C#N)C(=O)Nc2cc(Cl)ccc2C)c(OCc2cccc(C)c2)c1. The van der Waals surface area contributed by atoms with E-state index >= 15 is 0 Å². The van der Waals surface area contributed by atoms with Crippen molar-refractivity contribution in [1.82, 2.24) is 0 Å². The van der Waals surface area contributed by atoms with E-state index in [-0.39, 0.29) is 5.57 Å². The van der Waals surface area contributed by atoms with Gasteiger partial charge in [-0.1, -0.05) is 47.5 Å². The van der Waals surface area contributed by atoms with Crippen molar-refractivity contribution in [3.63, 3.8) is 0 Å². The van der Waals surface area contributed by atoms with Crippen molar-refractivity contribution in [2.24, 2.45) is 0 Å². The summed E-state index contributed by atoms with van der Waals surface area (Å²) < 4.78 is 11.3. The van der Waals surface area contributed by atoms with Crippen molar-refractivity contribution in [2.45, 2.75) is 20.5 Å². The van der Waals surface area contributed by atoms with Gasteiger partial charge in [-0.3, -0.25) is 4.79 Å². The molecule has 0 aliphatic rings. The van der Waals surface area contributed by atoms with E-state index in [1.807, 2.05) is 44.2 Å². The Labute approximate surface area is 192 Å². The molecule has 0 atom stereocenters. The lowest BCUT2D eigenvalue weighted by molar-refractivity contribution is -0.112. The van der Waals surface area contributed by atoms with Crippen LogP contribution in [0.1, 0.15) is 22.3 Å². The van der Waals surface area contributed by atoms with Gasteiger partial charge in [-0.05, 0) is 55.3 Å². The van der Waals surface area contributed by atoms with Crippen molar-refractivity contribution in [3.8, 4) is 17.6 Å². The number of rotatable bonds is 7. The fourth-order valence-corrected chi connectivity index (χ4v) is 3.24. The number of hydrogen-bond acceptors (Lipinski definition) is 4. The summed E-state index contributed by atoms with van der Waals surface area (Å²) in [5.74, 6) is 0.586. The molecule has 0 heterocycles. The number of hydrogen-bond donors (Lipinski definition) is 1. The molecule has 3 aromatic rings. The fourth-order valence-electron chi connectivity index (χ4n) is 3.07. The summed E-state index contributed by atoms with van der Waals surface area (Å²) in [6.07, 6.45) is 1.50. The molecule has 3 rings (SSSR count). The van der Waals surface area contributed by atoms with Crippen LogP contribution in [0.5, 0.6) is 11.5 Å². The Morgan fingerprint density at radius 2 is 1.94 bits per heavy atom. The smallest absolute Gasteiger partial charge is 0.266 e. The van der Waals surface area contributed by atoms with Crippen molar-refractivity contribution in [3.05, 3.63) is 93.5 Å². The van der Waals surface area contributed by atoms with Gasteiger partial charge >= 0.3 is 0 Å². The van der Waals surface area contributed by atoms with Gasteiger partial charge in [0.2, 0.25) is 0 Å². The topological polar surface area (TPSA) is 71.3 Å². The second kappa shape index (κ2) is 10.5. The molecule has 0 aliphatic carbocycles. The molecule has 0 fully saturated rings. The predicted molar refractivity (Wildman–Crippen MR) is 127 cm³/mol. The van der Waals surface area contributed by atoms with Gasteiger partial charge in [0.15, 0.2) is 0 Å². The fraction of sp³-hybridized carbons (Fsp3) is 0.154. The maximum Gasteiger partial charge on any atom is 0.266 e. The third kappa shape index (κ3) is 5.90. The van der Waals surface area contributed by atoms with Crippen molar-refractivity contribution >= 4 is 29.3 Å². The van der Waals surface area contributed by atoms with Gasteiger partial charge in [0, 0.05) is 22.3 Å². The number of nitrogens with zero attached hydrogens (tertiary/aromatic N) is 1. The molecule has 0 saturated carbocycles. The zero-order chi connectivity index (χ0) is 23.1. The highest BCUT2D eigenvalue weighted by atomic mass is 35.5. The predicted octanol–water partition coefficient (Wildman–Crippen LogP) is 6.09. The zero-order valence-electron chi connectivity index (χ0n) is 18.1. The van der Waals surface area contributed by atoms with Gasteiger partial charge in [0.1, 0.15) is 29.7 Å². The van der Waals surface area contributed by atoms with E-state index in [2.05, 4.69) is 5.32 Å². The van der Waals surface area contributed by atoms with Gasteiger partial charge in [0.25, 0.3) is 5.91 Å².